The van der Waals surface area contributed by atoms with Gasteiger partial charge >= 0.3 is 0 Å². The van der Waals surface area contributed by atoms with Crippen molar-refractivity contribution in [1.29, 1.82) is 0 Å². The van der Waals surface area contributed by atoms with Crippen molar-refractivity contribution in [3.05, 3.63) is 64.1 Å². The highest BCUT2D eigenvalue weighted by atomic mass is 79.9. The minimum Gasteiger partial charge on any atom is -0.489 e. The number of ether oxygens (including phenoxy) is 1. The molecule has 2 aromatic rings. The topological polar surface area (TPSA) is 15.7 Å². The maximum Gasteiger partial charge on any atom is 0.119 e. The molecular weight excluding hydrogens is 376 g/mol. The Bertz CT molecular complexity index is 651. The van der Waals surface area contributed by atoms with Gasteiger partial charge in [0.25, 0.3) is 0 Å². The Kier molecular flexibility index (Phi) is 6.91. The predicted octanol–water partition coefficient (Wildman–Crippen LogP) is 4.21. The number of benzene rings is 2. The molecule has 3 rings (SSSR count). The van der Waals surface area contributed by atoms with Crippen molar-refractivity contribution in [3.8, 4) is 5.75 Å². The lowest BCUT2D eigenvalue weighted by atomic mass is 10.1. The molecule has 1 heterocycles. The smallest absolute Gasteiger partial charge is 0.119 e. The number of hydrogen-bond acceptors (Lipinski definition) is 3. The third-order valence-corrected chi connectivity index (χ3v) is 5.58. The molecule has 3 nitrogen and oxygen atoms in total. The molecule has 0 atom stereocenters. The van der Waals surface area contributed by atoms with Crippen LogP contribution in [0.3, 0.4) is 0 Å². The van der Waals surface area contributed by atoms with E-state index in [1.807, 2.05) is 18.2 Å². The van der Waals surface area contributed by atoms with Gasteiger partial charge in [0.15, 0.2) is 0 Å². The van der Waals surface area contributed by atoms with E-state index in [0.717, 1.165) is 16.6 Å². The van der Waals surface area contributed by atoms with Gasteiger partial charge in [0.05, 0.1) is 0 Å². The highest BCUT2D eigenvalue weighted by molar-refractivity contribution is 9.10. The van der Waals surface area contributed by atoms with Gasteiger partial charge in [-0.05, 0) is 50.2 Å². The average molecular weight is 403 g/mol. The minimum atomic E-state index is 0.587. The Hall–Kier alpha value is -1.36. The molecule has 0 aromatic heterocycles. The zero-order valence-electron chi connectivity index (χ0n) is 15.0. The third kappa shape index (κ3) is 5.84. The molecule has 0 aliphatic carbocycles. The van der Waals surface area contributed by atoms with E-state index in [1.54, 1.807) is 0 Å². The number of hydrogen-bond donors (Lipinski definition) is 0. The fourth-order valence-electron chi connectivity index (χ4n) is 3.11. The summed E-state index contributed by atoms with van der Waals surface area (Å²) in [7, 11) is 2.21. The highest BCUT2D eigenvalue weighted by Crippen LogP contribution is 2.19. The first kappa shape index (κ1) is 18.4. The molecule has 0 bridgehead atoms. The van der Waals surface area contributed by atoms with E-state index in [0.29, 0.717) is 6.61 Å². The summed E-state index contributed by atoms with van der Waals surface area (Å²) in [4.78, 5) is 4.98. The minimum absolute atomic E-state index is 0.587. The summed E-state index contributed by atoms with van der Waals surface area (Å²) >= 11 is 3.56. The van der Waals surface area contributed by atoms with Gasteiger partial charge in [-0.1, -0.05) is 46.3 Å². The summed E-state index contributed by atoms with van der Waals surface area (Å²) < 4.78 is 6.99. The van der Waals surface area contributed by atoms with Crippen LogP contribution in [0, 0.1) is 0 Å². The number of halogens is 1. The lowest BCUT2D eigenvalue weighted by Crippen LogP contribution is -2.44. The monoisotopic (exact) mass is 402 g/mol. The second-order valence-corrected chi connectivity index (χ2v) is 7.63. The lowest BCUT2D eigenvalue weighted by Gasteiger charge is -2.32. The molecule has 0 spiro atoms. The van der Waals surface area contributed by atoms with E-state index < -0.39 is 0 Å². The molecule has 0 saturated carbocycles. The maximum absolute atomic E-state index is 5.89. The molecule has 2 aromatic carbocycles. The first-order valence-electron chi connectivity index (χ1n) is 9.07. The van der Waals surface area contributed by atoms with Crippen LogP contribution in [0.1, 0.15) is 17.5 Å². The molecule has 25 heavy (non-hydrogen) atoms. The van der Waals surface area contributed by atoms with Crippen molar-refractivity contribution in [2.75, 3.05) is 39.8 Å². The molecule has 134 valence electrons. The van der Waals surface area contributed by atoms with Gasteiger partial charge in [-0.3, -0.25) is 0 Å². The molecule has 0 radical (unpaired) electrons. The van der Waals surface area contributed by atoms with Crippen molar-refractivity contribution in [1.82, 2.24) is 9.80 Å². The van der Waals surface area contributed by atoms with Crippen LogP contribution in [0.5, 0.6) is 5.75 Å². The van der Waals surface area contributed by atoms with E-state index in [4.69, 9.17) is 4.74 Å². The first-order chi connectivity index (χ1) is 12.2. The summed E-state index contributed by atoms with van der Waals surface area (Å²) in [5, 5.41) is 0. The Morgan fingerprint density at radius 2 is 1.68 bits per heavy atom. The van der Waals surface area contributed by atoms with E-state index in [1.165, 1.54) is 50.3 Å². The number of likely N-dealkylation sites (N-methyl/N-ethyl adjacent to an activating group) is 1. The average Bonchev–Trinajstić information content (AvgIpc) is 2.64. The fourth-order valence-corrected chi connectivity index (χ4v) is 3.51. The summed E-state index contributed by atoms with van der Waals surface area (Å²) in [6, 6.07) is 16.7. The highest BCUT2D eigenvalue weighted by Gasteiger charge is 2.12. The second kappa shape index (κ2) is 9.37. The normalized spacial score (nSPS) is 16.1. The van der Waals surface area contributed by atoms with Crippen molar-refractivity contribution in [2.24, 2.45) is 0 Å². The van der Waals surface area contributed by atoms with Crippen molar-refractivity contribution < 1.29 is 4.74 Å². The van der Waals surface area contributed by atoms with Gasteiger partial charge in [-0.15, -0.1) is 0 Å². The third-order valence-electron chi connectivity index (χ3n) is 4.81. The van der Waals surface area contributed by atoms with Crippen LogP contribution in [-0.2, 0) is 13.0 Å². The van der Waals surface area contributed by atoms with Crippen LogP contribution in [0.25, 0.3) is 0 Å². The van der Waals surface area contributed by atoms with Gasteiger partial charge in [0.2, 0.25) is 0 Å². The predicted molar refractivity (Wildman–Crippen MR) is 107 cm³/mol. The molecule has 0 unspecified atom stereocenters. The Labute approximate surface area is 159 Å². The Morgan fingerprint density at radius 1 is 0.960 bits per heavy atom. The van der Waals surface area contributed by atoms with E-state index in [9.17, 15) is 0 Å². The standard InChI is InChI=1S/C21H27BrN2O/c1-23-13-15-24(16-14-23)12-4-5-18-8-10-20(11-9-18)25-17-19-6-2-3-7-21(19)22/h2-3,6-11H,4-5,12-17H2,1H3. The number of aryl methyl sites for hydroxylation is 1. The summed E-state index contributed by atoms with van der Waals surface area (Å²) in [5.41, 5.74) is 2.56. The van der Waals surface area contributed by atoms with E-state index >= 15 is 0 Å². The summed E-state index contributed by atoms with van der Waals surface area (Å²) in [6.07, 6.45) is 2.36. The molecule has 1 fully saturated rings. The summed E-state index contributed by atoms with van der Waals surface area (Å²) in [5.74, 6) is 0.929. The molecular formula is C21H27BrN2O. The molecule has 4 heteroatoms. The molecule has 0 amide bonds. The van der Waals surface area contributed by atoms with Crippen LogP contribution in [-0.4, -0.2) is 49.6 Å². The van der Waals surface area contributed by atoms with E-state index in [-0.39, 0.29) is 0 Å². The van der Waals surface area contributed by atoms with Gasteiger partial charge in [-0.25, -0.2) is 0 Å². The molecule has 1 aliphatic rings. The van der Waals surface area contributed by atoms with Crippen LogP contribution in [0.2, 0.25) is 0 Å². The SMILES string of the molecule is CN1CCN(CCCc2ccc(OCc3ccccc3Br)cc2)CC1. The van der Waals surface area contributed by atoms with Crippen molar-refractivity contribution in [3.63, 3.8) is 0 Å². The zero-order valence-corrected chi connectivity index (χ0v) is 16.5. The van der Waals surface area contributed by atoms with Crippen molar-refractivity contribution in [2.45, 2.75) is 19.4 Å². The van der Waals surface area contributed by atoms with Crippen LogP contribution < -0.4 is 4.74 Å². The van der Waals surface area contributed by atoms with Gasteiger partial charge < -0.3 is 14.5 Å². The maximum atomic E-state index is 5.89. The largest absolute Gasteiger partial charge is 0.489 e. The Balaban J connectivity index is 1.40. The molecule has 1 saturated heterocycles. The van der Waals surface area contributed by atoms with Crippen molar-refractivity contribution >= 4 is 15.9 Å². The van der Waals surface area contributed by atoms with Gasteiger partial charge in [-0.2, -0.15) is 0 Å². The van der Waals surface area contributed by atoms with E-state index in [2.05, 4.69) is 63.1 Å². The number of piperazine rings is 1. The zero-order chi connectivity index (χ0) is 17.5. The number of nitrogens with zero attached hydrogens (tertiary/aromatic N) is 2. The Morgan fingerprint density at radius 3 is 2.40 bits per heavy atom. The van der Waals surface area contributed by atoms with Crippen LogP contribution in [0.4, 0.5) is 0 Å². The quantitative estimate of drug-likeness (QED) is 0.689. The van der Waals surface area contributed by atoms with Gasteiger partial charge in [0.1, 0.15) is 12.4 Å². The summed E-state index contributed by atoms with van der Waals surface area (Å²) in [6.45, 7) is 6.60. The van der Waals surface area contributed by atoms with Crippen LogP contribution >= 0.6 is 15.9 Å². The first-order valence-corrected chi connectivity index (χ1v) is 9.86. The lowest BCUT2D eigenvalue weighted by molar-refractivity contribution is 0.153. The molecule has 0 N–H and O–H groups in total. The number of rotatable bonds is 7. The fraction of sp³-hybridized carbons (Fsp3) is 0.429. The van der Waals surface area contributed by atoms with Gasteiger partial charge in [0, 0.05) is 36.2 Å². The molecule has 1 aliphatic heterocycles. The second-order valence-electron chi connectivity index (χ2n) is 6.77. The van der Waals surface area contributed by atoms with Crippen LogP contribution in [0.15, 0.2) is 53.0 Å².